The molecule has 5 N–H and O–H groups in total. The summed E-state index contributed by atoms with van der Waals surface area (Å²) in [6.07, 6.45) is 4.25. The fourth-order valence-electron chi connectivity index (χ4n) is 7.55. The van der Waals surface area contributed by atoms with Crippen molar-refractivity contribution in [3.05, 3.63) is 53.6 Å². The molecule has 6 atom stereocenters. The minimum Gasteiger partial charge on any atom is -0.444 e. The first kappa shape index (κ1) is 42.6. The van der Waals surface area contributed by atoms with Crippen molar-refractivity contribution in [2.45, 2.75) is 121 Å². The van der Waals surface area contributed by atoms with Gasteiger partial charge in [-0.05, 0) is 62.1 Å². The summed E-state index contributed by atoms with van der Waals surface area (Å²) in [6.45, 7) is 14.4. The first-order valence-electron chi connectivity index (χ1n) is 19.6. The van der Waals surface area contributed by atoms with E-state index >= 15 is 0 Å². The number of benzene rings is 1. The number of nitrogens with one attached hydrogen (secondary N) is 5. The lowest BCUT2D eigenvalue weighted by atomic mass is 9.85. The summed E-state index contributed by atoms with van der Waals surface area (Å²) in [4.78, 5) is 86.2. The molecule has 4 bridgehead atoms. The fraction of sp³-hybridized carbons (Fsp3) is 0.600. The van der Waals surface area contributed by atoms with Gasteiger partial charge in [-0.2, -0.15) is 0 Å². The van der Waals surface area contributed by atoms with Gasteiger partial charge in [0.05, 0.1) is 31.6 Å². The number of sulfonamides is 1. The van der Waals surface area contributed by atoms with Crippen molar-refractivity contribution in [2.75, 3.05) is 19.8 Å². The molecule has 2 saturated carbocycles. The number of fused-ring (bicyclic) bond motifs is 3. The van der Waals surface area contributed by atoms with Gasteiger partial charge in [-0.15, -0.1) is 6.58 Å². The van der Waals surface area contributed by atoms with Crippen molar-refractivity contribution in [3.8, 4) is 0 Å². The number of ether oxygens (including phenoxy) is 2. The van der Waals surface area contributed by atoms with E-state index in [1.807, 2.05) is 24.3 Å². The SMILES string of the molecule is C=C[C@@H]1C[C@]1(NC(=O)[C@@H]1C[C@@H]2CN1C(=O)[C@H](C(C)(C)C)NC(=O)[C@@H](NC(=O)NC(C)(C)C)COC/C=C/c1cccc3c1CN(C3)C(=O)O2)C(=O)NS(=O)(=O)C1CC1. The number of carbonyl (C=O) groups is 6. The predicted octanol–water partition coefficient (Wildman–Crippen LogP) is 1.82. The summed E-state index contributed by atoms with van der Waals surface area (Å²) in [5, 5.41) is 10.3. The molecule has 3 heterocycles. The van der Waals surface area contributed by atoms with Gasteiger partial charge in [0.25, 0.3) is 5.91 Å². The van der Waals surface area contributed by atoms with Gasteiger partial charge >= 0.3 is 12.1 Å². The summed E-state index contributed by atoms with van der Waals surface area (Å²) >= 11 is 0. The van der Waals surface area contributed by atoms with Gasteiger partial charge in [-0.1, -0.05) is 57.2 Å². The van der Waals surface area contributed by atoms with Crippen LogP contribution in [0, 0.1) is 11.3 Å². The zero-order valence-electron chi connectivity index (χ0n) is 33.9. The first-order valence-corrected chi connectivity index (χ1v) is 21.2. The maximum Gasteiger partial charge on any atom is 0.410 e. The number of rotatable bonds is 7. The third-order valence-electron chi connectivity index (χ3n) is 10.9. The van der Waals surface area contributed by atoms with Gasteiger partial charge < -0.3 is 35.6 Å². The summed E-state index contributed by atoms with van der Waals surface area (Å²) in [7, 11) is -3.95. The summed E-state index contributed by atoms with van der Waals surface area (Å²) in [5.41, 5.74) is -0.530. The number of nitrogens with zero attached hydrogens (tertiary/aromatic N) is 2. The molecular formula is C40H55N7O10S. The number of hydrogen-bond donors (Lipinski definition) is 5. The molecule has 3 aliphatic heterocycles. The Balaban J connectivity index is 1.32. The van der Waals surface area contributed by atoms with E-state index in [1.165, 1.54) is 15.9 Å². The van der Waals surface area contributed by atoms with Crippen LogP contribution in [0.15, 0.2) is 36.9 Å². The van der Waals surface area contributed by atoms with E-state index in [9.17, 15) is 37.2 Å². The molecule has 0 aromatic heterocycles. The lowest BCUT2D eigenvalue weighted by molar-refractivity contribution is -0.145. The molecule has 0 radical (unpaired) electrons. The highest BCUT2D eigenvalue weighted by atomic mass is 32.2. The van der Waals surface area contributed by atoms with Crippen LogP contribution in [0.4, 0.5) is 9.59 Å². The highest BCUT2D eigenvalue weighted by molar-refractivity contribution is 7.91. The van der Waals surface area contributed by atoms with Gasteiger partial charge in [0.1, 0.15) is 29.8 Å². The van der Waals surface area contributed by atoms with Crippen LogP contribution >= 0.6 is 0 Å². The highest BCUT2D eigenvalue weighted by Gasteiger charge is 2.62. The molecule has 0 spiro atoms. The third-order valence-corrected chi connectivity index (χ3v) is 12.8. The van der Waals surface area contributed by atoms with Gasteiger partial charge in [0.2, 0.25) is 27.7 Å². The summed E-state index contributed by atoms with van der Waals surface area (Å²) in [5.74, 6) is -3.65. The van der Waals surface area contributed by atoms with E-state index < -0.39 is 97.7 Å². The van der Waals surface area contributed by atoms with Gasteiger partial charge in [-0.3, -0.25) is 28.8 Å². The van der Waals surface area contributed by atoms with E-state index in [2.05, 4.69) is 32.6 Å². The van der Waals surface area contributed by atoms with Crippen LogP contribution in [0.5, 0.6) is 0 Å². The Morgan fingerprint density at radius 1 is 1.05 bits per heavy atom. The van der Waals surface area contributed by atoms with Crippen LogP contribution in [0.1, 0.15) is 83.9 Å². The molecule has 0 unspecified atom stereocenters. The lowest BCUT2D eigenvalue weighted by Gasteiger charge is -2.36. The summed E-state index contributed by atoms with van der Waals surface area (Å²) < 4.78 is 39.5. The van der Waals surface area contributed by atoms with E-state index in [1.54, 1.807) is 47.6 Å². The average Bonchev–Trinajstić information content (AvgIpc) is 4.01. The molecule has 1 aromatic rings. The van der Waals surface area contributed by atoms with Crippen LogP contribution < -0.4 is 26.0 Å². The van der Waals surface area contributed by atoms with Crippen molar-refractivity contribution in [2.24, 2.45) is 11.3 Å². The maximum absolute atomic E-state index is 14.7. The van der Waals surface area contributed by atoms with Crippen molar-refractivity contribution in [1.82, 2.24) is 35.8 Å². The van der Waals surface area contributed by atoms with Crippen molar-refractivity contribution in [3.63, 3.8) is 0 Å². The zero-order chi connectivity index (χ0) is 42.4. The molecule has 7 amide bonds. The molecule has 1 aromatic carbocycles. The molecule has 1 saturated heterocycles. The summed E-state index contributed by atoms with van der Waals surface area (Å²) in [6, 6.07) is 1.26. The maximum atomic E-state index is 14.7. The van der Waals surface area contributed by atoms with Crippen molar-refractivity contribution < 1.29 is 46.7 Å². The predicted molar refractivity (Wildman–Crippen MR) is 212 cm³/mol. The Bertz CT molecular complexity index is 2000. The van der Waals surface area contributed by atoms with Crippen LogP contribution in [0.3, 0.4) is 0 Å². The Morgan fingerprint density at radius 3 is 2.41 bits per heavy atom. The molecule has 316 valence electrons. The van der Waals surface area contributed by atoms with Crippen LogP contribution in [-0.2, 0) is 51.8 Å². The Labute approximate surface area is 339 Å². The molecule has 2 aliphatic carbocycles. The Kier molecular flexibility index (Phi) is 11.8. The van der Waals surface area contributed by atoms with Crippen LogP contribution in [0.25, 0.3) is 6.08 Å². The normalized spacial score (nSPS) is 28.5. The zero-order valence-corrected chi connectivity index (χ0v) is 34.7. The van der Waals surface area contributed by atoms with Gasteiger partial charge in [0, 0.05) is 24.4 Å². The second kappa shape index (κ2) is 16.0. The van der Waals surface area contributed by atoms with E-state index in [0.29, 0.717) is 12.8 Å². The van der Waals surface area contributed by atoms with E-state index in [4.69, 9.17) is 9.47 Å². The standard InChI is InChI=1S/C40H55N7O10S/c1-8-25-18-40(25,35(51)45-58(54,55)27-14-15-27)43-33(49)30-17-26-20-47(30)34(50)31(38(2,3)4)42-32(48)29(41-36(52)44-39(5,6)7)22-56-16-10-13-23-11-9-12-24-19-46(21-28(23)24)37(53)57-26/h8-13,25-27,29-31H,1,14-22H2,2-7H3,(H,42,48)(H,43,49)(H,45,51)(H2,41,44,52)/b13-10+/t25-,26-,29+,30+,31-,40-/m1/s1. The van der Waals surface area contributed by atoms with Crippen molar-refractivity contribution >= 4 is 51.9 Å². The number of carbonyl (C=O) groups excluding carboxylic acids is 6. The number of hydrogen-bond acceptors (Lipinski definition) is 10. The van der Waals surface area contributed by atoms with Crippen LogP contribution in [0.2, 0.25) is 0 Å². The average molecular weight is 826 g/mol. The Hall–Kier alpha value is -4.97. The topological polar surface area (TPSA) is 222 Å². The molecular weight excluding hydrogens is 771 g/mol. The Morgan fingerprint density at radius 2 is 1.78 bits per heavy atom. The molecule has 58 heavy (non-hydrogen) atoms. The number of amides is 7. The molecule has 17 nitrogen and oxygen atoms in total. The minimum absolute atomic E-state index is 0.0778. The quantitative estimate of drug-likeness (QED) is 0.251. The molecule has 5 aliphatic rings. The molecule has 18 heteroatoms. The van der Waals surface area contributed by atoms with Gasteiger partial charge in [-0.25, -0.2) is 18.0 Å². The monoisotopic (exact) mass is 825 g/mol. The first-order chi connectivity index (χ1) is 27.1. The van der Waals surface area contributed by atoms with E-state index in [0.717, 1.165) is 16.7 Å². The minimum atomic E-state index is -3.95. The third kappa shape index (κ3) is 9.49. The number of urea groups is 1. The van der Waals surface area contributed by atoms with Crippen LogP contribution in [-0.4, -0.2) is 114 Å². The largest absolute Gasteiger partial charge is 0.444 e. The highest BCUT2D eigenvalue weighted by Crippen LogP contribution is 2.45. The lowest BCUT2D eigenvalue weighted by Crippen LogP contribution is -2.62. The second-order valence-electron chi connectivity index (χ2n) is 17.9. The second-order valence-corrected chi connectivity index (χ2v) is 19.9. The smallest absolute Gasteiger partial charge is 0.410 e. The van der Waals surface area contributed by atoms with E-state index in [-0.39, 0.29) is 45.7 Å². The van der Waals surface area contributed by atoms with Gasteiger partial charge in [0.15, 0.2) is 0 Å². The molecule has 6 rings (SSSR count). The fourth-order valence-corrected chi connectivity index (χ4v) is 8.91. The van der Waals surface area contributed by atoms with Crippen molar-refractivity contribution in [1.29, 1.82) is 0 Å². The molecule has 3 fully saturated rings.